The molecule has 1 saturated heterocycles. The summed E-state index contributed by atoms with van der Waals surface area (Å²) in [5.74, 6) is -0.511. The van der Waals surface area contributed by atoms with Gasteiger partial charge in [0, 0.05) is 30.7 Å². The van der Waals surface area contributed by atoms with Gasteiger partial charge in [-0.25, -0.2) is 4.79 Å². The lowest BCUT2D eigenvalue weighted by atomic mass is 10.2. The van der Waals surface area contributed by atoms with E-state index in [2.05, 4.69) is 15.7 Å². The van der Waals surface area contributed by atoms with Crippen LogP contribution in [0, 0.1) is 0 Å². The molecule has 1 aromatic carbocycles. The molecule has 1 aliphatic heterocycles. The van der Waals surface area contributed by atoms with Crippen LogP contribution in [0.15, 0.2) is 36.5 Å². The zero-order valence-electron chi connectivity index (χ0n) is 12.9. The van der Waals surface area contributed by atoms with E-state index in [4.69, 9.17) is 0 Å². The summed E-state index contributed by atoms with van der Waals surface area (Å²) in [6.45, 7) is 0.791. The standard InChI is InChI=1S/C15H14F3N5O2/c16-15(17,18)12-5-7-22(21-12)9-13(24)20-10-1-3-11(4-2-10)23-8-6-19-14(23)25/h1-5,7H,6,8-9H2,(H,19,25)(H,20,24). The molecule has 7 nitrogen and oxygen atoms in total. The quantitative estimate of drug-likeness (QED) is 0.883. The summed E-state index contributed by atoms with van der Waals surface area (Å²) in [5, 5.41) is 8.57. The van der Waals surface area contributed by atoms with Gasteiger partial charge in [0.25, 0.3) is 0 Å². The van der Waals surface area contributed by atoms with Crippen molar-refractivity contribution in [3.63, 3.8) is 0 Å². The van der Waals surface area contributed by atoms with E-state index in [9.17, 15) is 22.8 Å². The van der Waals surface area contributed by atoms with Crippen molar-refractivity contribution in [2.24, 2.45) is 0 Å². The lowest BCUT2D eigenvalue weighted by Gasteiger charge is -2.14. The monoisotopic (exact) mass is 353 g/mol. The van der Waals surface area contributed by atoms with Crippen molar-refractivity contribution in [3.05, 3.63) is 42.2 Å². The van der Waals surface area contributed by atoms with Crippen LogP contribution >= 0.6 is 0 Å². The second kappa shape index (κ2) is 6.46. The van der Waals surface area contributed by atoms with E-state index in [1.54, 1.807) is 29.2 Å². The first-order chi connectivity index (χ1) is 11.8. The lowest BCUT2D eigenvalue weighted by molar-refractivity contribution is -0.141. The van der Waals surface area contributed by atoms with Crippen molar-refractivity contribution < 1.29 is 22.8 Å². The largest absolute Gasteiger partial charge is 0.435 e. The Bertz CT molecular complexity index is 785. The Hall–Kier alpha value is -3.04. The highest BCUT2D eigenvalue weighted by Crippen LogP contribution is 2.27. The topological polar surface area (TPSA) is 79.3 Å². The number of rotatable bonds is 4. The predicted octanol–water partition coefficient (Wildman–Crippen LogP) is 2.07. The second-order valence-corrected chi connectivity index (χ2v) is 5.37. The van der Waals surface area contributed by atoms with Gasteiger partial charge >= 0.3 is 12.2 Å². The summed E-state index contributed by atoms with van der Waals surface area (Å²) in [7, 11) is 0. The van der Waals surface area contributed by atoms with Gasteiger partial charge in [0.05, 0.1) is 0 Å². The minimum absolute atomic E-state index is 0.184. The molecule has 0 aliphatic carbocycles. The van der Waals surface area contributed by atoms with Crippen molar-refractivity contribution in [1.82, 2.24) is 15.1 Å². The van der Waals surface area contributed by atoms with E-state index in [0.717, 1.165) is 16.9 Å². The molecule has 1 aliphatic rings. The zero-order chi connectivity index (χ0) is 18.0. The average molecular weight is 353 g/mol. The fourth-order valence-electron chi connectivity index (χ4n) is 2.39. The molecule has 1 fully saturated rings. The molecule has 2 N–H and O–H groups in total. The first kappa shape index (κ1) is 16.8. The molecular weight excluding hydrogens is 339 g/mol. The minimum Gasteiger partial charge on any atom is -0.336 e. The van der Waals surface area contributed by atoms with Crippen LogP contribution < -0.4 is 15.5 Å². The highest BCUT2D eigenvalue weighted by atomic mass is 19.4. The van der Waals surface area contributed by atoms with E-state index in [-0.39, 0.29) is 12.6 Å². The number of hydrogen-bond donors (Lipinski definition) is 2. The lowest BCUT2D eigenvalue weighted by Crippen LogP contribution is -2.27. The van der Waals surface area contributed by atoms with Crippen LogP contribution in [-0.2, 0) is 17.5 Å². The molecule has 3 amide bonds. The Morgan fingerprint density at radius 2 is 1.96 bits per heavy atom. The highest BCUT2D eigenvalue weighted by Gasteiger charge is 2.33. The number of hydrogen-bond acceptors (Lipinski definition) is 3. The summed E-state index contributed by atoms with van der Waals surface area (Å²) in [6, 6.07) is 7.21. The molecule has 10 heteroatoms. The summed E-state index contributed by atoms with van der Waals surface area (Å²) < 4.78 is 38.3. The molecule has 25 heavy (non-hydrogen) atoms. The molecule has 1 aromatic heterocycles. The number of aromatic nitrogens is 2. The van der Waals surface area contributed by atoms with Gasteiger partial charge in [0.2, 0.25) is 5.91 Å². The molecule has 0 bridgehead atoms. The van der Waals surface area contributed by atoms with E-state index in [1.165, 1.54) is 0 Å². The van der Waals surface area contributed by atoms with Gasteiger partial charge in [-0.05, 0) is 30.3 Å². The Morgan fingerprint density at radius 1 is 1.24 bits per heavy atom. The summed E-state index contributed by atoms with van der Waals surface area (Å²) in [6.07, 6.45) is -3.45. The van der Waals surface area contributed by atoms with Crippen LogP contribution in [-0.4, -0.2) is 34.8 Å². The molecule has 0 radical (unpaired) electrons. The van der Waals surface area contributed by atoms with Gasteiger partial charge < -0.3 is 10.6 Å². The summed E-state index contributed by atoms with van der Waals surface area (Å²) >= 11 is 0. The Morgan fingerprint density at radius 3 is 2.52 bits per heavy atom. The molecule has 0 unspecified atom stereocenters. The number of benzene rings is 1. The van der Waals surface area contributed by atoms with E-state index in [0.29, 0.717) is 24.5 Å². The van der Waals surface area contributed by atoms with E-state index < -0.39 is 17.8 Å². The highest BCUT2D eigenvalue weighted by molar-refractivity contribution is 5.95. The first-order valence-corrected chi connectivity index (χ1v) is 7.39. The van der Waals surface area contributed by atoms with Crippen LogP contribution in [0.5, 0.6) is 0 Å². The number of anilines is 2. The predicted molar refractivity (Wildman–Crippen MR) is 83.0 cm³/mol. The van der Waals surface area contributed by atoms with Gasteiger partial charge in [-0.15, -0.1) is 0 Å². The number of carbonyl (C=O) groups is 2. The van der Waals surface area contributed by atoms with Gasteiger partial charge in [-0.2, -0.15) is 18.3 Å². The third-order valence-electron chi connectivity index (χ3n) is 3.56. The Balaban J connectivity index is 1.59. The van der Waals surface area contributed by atoms with Crippen molar-refractivity contribution in [2.45, 2.75) is 12.7 Å². The van der Waals surface area contributed by atoms with Gasteiger partial charge in [0.15, 0.2) is 5.69 Å². The third kappa shape index (κ3) is 3.90. The average Bonchev–Trinajstić information content (AvgIpc) is 3.17. The Labute approximate surface area is 140 Å². The molecule has 2 aromatic rings. The number of alkyl halides is 3. The number of halogens is 3. The fourth-order valence-corrected chi connectivity index (χ4v) is 2.39. The van der Waals surface area contributed by atoms with Crippen LogP contribution in [0.1, 0.15) is 5.69 Å². The van der Waals surface area contributed by atoms with Crippen molar-refractivity contribution in [2.75, 3.05) is 23.3 Å². The maximum absolute atomic E-state index is 12.5. The summed E-state index contributed by atoms with van der Waals surface area (Å²) in [5.41, 5.74) is 0.111. The van der Waals surface area contributed by atoms with Gasteiger partial charge in [-0.3, -0.25) is 14.4 Å². The molecular formula is C15H14F3N5O2. The van der Waals surface area contributed by atoms with E-state index in [1.807, 2.05) is 0 Å². The molecule has 3 rings (SSSR count). The van der Waals surface area contributed by atoms with Crippen LogP contribution in [0.3, 0.4) is 0 Å². The maximum Gasteiger partial charge on any atom is 0.435 e. The van der Waals surface area contributed by atoms with Gasteiger partial charge in [0.1, 0.15) is 6.54 Å². The number of nitrogens with zero attached hydrogens (tertiary/aromatic N) is 3. The third-order valence-corrected chi connectivity index (χ3v) is 3.56. The summed E-state index contributed by atoms with van der Waals surface area (Å²) in [4.78, 5) is 25.0. The second-order valence-electron chi connectivity index (χ2n) is 5.37. The van der Waals surface area contributed by atoms with E-state index >= 15 is 0 Å². The number of urea groups is 1. The maximum atomic E-state index is 12.5. The number of carbonyl (C=O) groups excluding carboxylic acids is 2. The normalized spacial score (nSPS) is 14.5. The van der Waals surface area contributed by atoms with Crippen LogP contribution in [0.25, 0.3) is 0 Å². The van der Waals surface area contributed by atoms with Crippen molar-refractivity contribution >= 4 is 23.3 Å². The fraction of sp³-hybridized carbons (Fsp3) is 0.267. The number of nitrogens with one attached hydrogen (secondary N) is 2. The minimum atomic E-state index is -4.54. The smallest absolute Gasteiger partial charge is 0.336 e. The SMILES string of the molecule is O=C(Cn1ccc(C(F)(F)F)n1)Nc1ccc(N2CCNC2=O)cc1. The molecule has 0 spiro atoms. The zero-order valence-corrected chi connectivity index (χ0v) is 12.9. The van der Waals surface area contributed by atoms with Crippen molar-refractivity contribution in [1.29, 1.82) is 0 Å². The van der Waals surface area contributed by atoms with Crippen LogP contribution in [0.4, 0.5) is 29.3 Å². The van der Waals surface area contributed by atoms with Gasteiger partial charge in [-0.1, -0.05) is 0 Å². The van der Waals surface area contributed by atoms with Crippen molar-refractivity contribution in [3.8, 4) is 0 Å². The Kier molecular flexibility index (Phi) is 4.34. The molecule has 0 atom stereocenters. The first-order valence-electron chi connectivity index (χ1n) is 7.39. The van der Waals surface area contributed by atoms with Crippen LogP contribution in [0.2, 0.25) is 0 Å². The number of amides is 3. The molecule has 0 saturated carbocycles. The molecule has 2 heterocycles. The molecule has 132 valence electrons.